The number of aliphatic carboxylic acids is 1. The lowest BCUT2D eigenvalue weighted by Gasteiger charge is -2.17. The van der Waals surface area contributed by atoms with Crippen molar-refractivity contribution >= 4 is 21.7 Å². The van der Waals surface area contributed by atoms with Crippen molar-refractivity contribution in [3.05, 3.63) is 35.4 Å². The summed E-state index contributed by atoms with van der Waals surface area (Å²) in [6.45, 7) is 1.26. The third-order valence-corrected chi connectivity index (χ3v) is 3.54. The Bertz CT molecular complexity index is 621. The van der Waals surface area contributed by atoms with Crippen molar-refractivity contribution in [1.82, 2.24) is 5.32 Å². The predicted molar refractivity (Wildman–Crippen MR) is 75.6 cm³/mol. The number of hydrogen-bond donors (Lipinski definition) is 3. The Labute approximate surface area is 122 Å². The highest BCUT2D eigenvalue weighted by Crippen LogP contribution is 2.08. The van der Waals surface area contributed by atoms with E-state index in [0.29, 0.717) is 5.56 Å². The molecule has 21 heavy (non-hydrogen) atoms. The van der Waals surface area contributed by atoms with Gasteiger partial charge < -0.3 is 15.5 Å². The Hall–Kier alpha value is -1.93. The van der Waals surface area contributed by atoms with E-state index in [2.05, 4.69) is 5.32 Å². The van der Waals surface area contributed by atoms with Gasteiger partial charge in [-0.25, -0.2) is 13.2 Å². The Balaban J connectivity index is 2.82. The quantitative estimate of drug-likeness (QED) is 0.668. The van der Waals surface area contributed by atoms with Crippen LogP contribution < -0.4 is 5.32 Å². The number of carboxylic acids is 1. The standard InChI is InChI=1S/C13H17NO6S/c1-8(15)11(13(17)18)14-12(16)10-5-3-9(4-6-10)7-21(2,19)20/h3-6,8,11,15H,7H2,1-2H3,(H,14,16)(H,17,18). The van der Waals surface area contributed by atoms with Crippen molar-refractivity contribution in [1.29, 1.82) is 0 Å². The van der Waals surface area contributed by atoms with Gasteiger partial charge in [0.25, 0.3) is 5.91 Å². The molecule has 0 radical (unpaired) electrons. The molecule has 2 atom stereocenters. The Morgan fingerprint density at radius 1 is 1.24 bits per heavy atom. The third kappa shape index (κ3) is 5.52. The predicted octanol–water partition coefficient (Wildman–Crippen LogP) is -0.205. The van der Waals surface area contributed by atoms with Gasteiger partial charge in [0.1, 0.15) is 0 Å². The number of rotatable bonds is 6. The van der Waals surface area contributed by atoms with Crippen LogP contribution in [-0.4, -0.2) is 48.9 Å². The molecule has 8 heteroatoms. The van der Waals surface area contributed by atoms with Crippen molar-refractivity contribution in [2.75, 3.05) is 6.26 Å². The molecule has 0 saturated heterocycles. The number of aliphatic hydroxyl groups is 1. The number of nitrogens with one attached hydrogen (secondary N) is 1. The van der Waals surface area contributed by atoms with Crippen LogP contribution in [0.1, 0.15) is 22.8 Å². The lowest BCUT2D eigenvalue weighted by atomic mass is 10.1. The smallest absolute Gasteiger partial charge is 0.328 e. The van der Waals surface area contributed by atoms with Gasteiger partial charge in [0.15, 0.2) is 15.9 Å². The second kappa shape index (κ2) is 6.68. The number of amides is 1. The molecule has 1 aromatic rings. The summed E-state index contributed by atoms with van der Waals surface area (Å²) in [5, 5.41) is 20.4. The molecule has 1 aromatic carbocycles. The summed E-state index contributed by atoms with van der Waals surface area (Å²) >= 11 is 0. The molecule has 0 saturated carbocycles. The van der Waals surface area contributed by atoms with E-state index in [0.717, 1.165) is 6.26 Å². The van der Waals surface area contributed by atoms with Crippen molar-refractivity contribution in [3.63, 3.8) is 0 Å². The van der Waals surface area contributed by atoms with Crippen molar-refractivity contribution in [2.24, 2.45) is 0 Å². The summed E-state index contributed by atoms with van der Waals surface area (Å²) in [7, 11) is -3.16. The zero-order chi connectivity index (χ0) is 16.2. The first kappa shape index (κ1) is 17.1. The van der Waals surface area contributed by atoms with Crippen LogP contribution in [0.15, 0.2) is 24.3 Å². The van der Waals surface area contributed by atoms with Crippen molar-refractivity contribution in [2.45, 2.75) is 24.8 Å². The minimum absolute atomic E-state index is 0.139. The fraction of sp³-hybridized carbons (Fsp3) is 0.385. The SMILES string of the molecule is CC(O)C(NC(=O)c1ccc(CS(C)(=O)=O)cc1)C(=O)O. The number of hydrogen-bond acceptors (Lipinski definition) is 5. The van der Waals surface area contributed by atoms with Gasteiger partial charge in [0.2, 0.25) is 0 Å². The maximum atomic E-state index is 11.9. The average molecular weight is 315 g/mol. The van der Waals surface area contributed by atoms with Crippen LogP contribution in [0.4, 0.5) is 0 Å². The molecular formula is C13H17NO6S. The molecule has 0 aliphatic carbocycles. The first-order valence-electron chi connectivity index (χ1n) is 6.08. The first-order chi connectivity index (χ1) is 9.60. The molecule has 0 spiro atoms. The number of carbonyl (C=O) groups excluding carboxylic acids is 1. The lowest BCUT2D eigenvalue weighted by molar-refractivity contribution is -0.141. The topological polar surface area (TPSA) is 121 Å². The van der Waals surface area contributed by atoms with Crippen LogP contribution in [-0.2, 0) is 20.4 Å². The van der Waals surface area contributed by atoms with E-state index in [1.807, 2.05) is 0 Å². The van der Waals surface area contributed by atoms with Crippen LogP contribution >= 0.6 is 0 Å². The van der Waals surface area contributed by atoms with Crippen LogP contribution in [0.25, 0.3) is 0 Å². The average Bonchev–Trinajstić information content (AvgIpc) is 2.33. The minimum Gasteiger partial charge on any atom is -0.480 e. The first-order valence-corrected chi connectivity index (χ1v) is 8.14. The molecule has 0 fully saturated rings. The van der Waals surface area contributed by atoms with E-state index < -0.39 is 33.9 Å². The van der Waals surface area contributed by atoms with E-state index >= 15 is 0 Å². The maximum Gasteiger partial charge on any atom is 0.328 e. The monoisotopic (exact) mass is 315 g/mol. The highest BCUT2D eigenvalue weighted by molar-refractivity contribution is 7.89. The Morgan fingerprint density at radius 2 is 1.76 bits per heavy atom. The van der Waals surface area contributed by atoms with E-state index in [9.17, 15) is 23.1 Å². The molecular weight excluding hydrogens is 298 g/mol. The second-order valence-electron chi connectivity index (χ2n) is 4.80. The summed E-state index contributed by atoms with van der Waals surface area (Å²) in [6.07, 6.45) is -0.135. The maximum absolute atomic E-state index is 11.9. The molecule has 0 aromatic heterocycles. The van der Waals surface area contributed by atoms with Crippen LogP contribution in [0.3, 0.4) is 0 Å². The summed E-state index contributed by atoms with van der Waals surface area (Å²) in [5.74, 6) is -2.14. The highest BCUT2D eigenvalue weighted by Gasteiger charge is 2.25. The molecule has 2 unspecified atom stereocenters. The van der Waals surface area contributed by atoms with Crippen LogP contribution in [0.2, 0.25) is 0 Å². The summed E-state index contributed by atoms with van der Waals surface area (Å²) in [4.78, 5) is 22.7. The van der Waals surface area contributed by atoms with Gasteiger partial charge >= 0.3 is 5.97 Å². The number of carboxylic acid groups (broad SMARTS) is 1. The summed E-state index contributed by atoms with van der Waals surface area (Å²) in [5.41, 5.74) is 0.707. The highest BCUT2D eigenvalue weighted by atomic mass is 32.2. The lowest BCUT2D eigenvalue weighted by Crippen LogP contribution is -2.47. The summed E-state index contributed by atoms with van der Waals surface area (Å²) in [6, 6.07) is 4.35. The summed E-state index contributed by atoms with van der Waals surface area (Å²) < 4.78 is 22.3. The largest absolute Gasteiger partial charge is 0.480 e. The zero-order valence-electron chi connectivity index (χ0n) is 11.6. The van der Waals surface area contributed by atoms with Gasteiger partial charge in [-0.1, -0.05) is 12.1 Å². The Kier molecular flexibility index (Phi) is 5.45. The molecule has 0 heterocycles. The fourth-order valence-electron chi connectivity index (χ4n) is 1.67. The number of aliphatic hydroxyl groups excluding tert-OH is 1. The van der Waals surface area contributed by atoms with Crippen molar-refractivity contribution in [3.8, 4) is 0 Å². The molecule has 1 amide bonds. The molecule has 0 bridgehead atoms. The van der Waals surface area contributed by atoms with Gasteiger partial charge in [-0.2, -0.15) is 0 Å². The third-order valence-electron chi connectivity index (χ3n) is 2.68. The van der Waals surface area contributed by atoms with Gasteiger partial charge in [0, 0.05) is 11.8 Å². The number of benzene rings is 1. The van der Waals surface area contributed by atoms with Crippen LogP contribution in [0, 0.1) is 0 Å². The Morgan fingerprint density at radius 3 is 2.14 bits per heavy atom. The normalized spacial score (nSPS) is 14.2. The van der Waals surface area contributed by atoms with Gasteiger partial charge in [-0.05, 0) is 24.6 Å². The van der Waals surface area contributed by atoms with Crippen molar-refractivity contribution < 1.29 is 28.2 Å². The van der Waals surface area contributed by atoms with Gasteiger partial charge in [0.05, 0.1) is 11.9 Å². The molecule has 0 aliphatic rings. The fourth-order valence-corrected chi connectivity index (χ4v) is 2.47. The van der Waals surface area contributed by atoms with Crippen LogP contribution in [0.5, 0.6) is 0 Å². The molecule has 0 aliphatic heterocycles. The minimum atomic E-state index is -3.16. The van der Waals surface area contributed by atoms with E-state index in [-0.39, 0.29) is 11.3 Å². The molecule has 116 valence electrons. The number of carbonyl (C=O) groups is 2. The van der Waals surface area contributed by atoms with Gasteiger partial charge in [-0.3, -0.25) is 4.79 Å². The molecule has 3 N–H and O–H groups in total. The molecule has 1 rings (SSSR count). The van der Waals surface area contributed by atoms with Gasteiger partial charge in [-0.15, -0.1) is 0 Å². The van der Waals surface area contributed by atoms with E-state index in [1.165, 1.54) is 31.2 Å². The molecule has 7 nitrogen and oxygen atoms in total. The van der Waals surface area contributed by atoms with E-state index in [1.54, 1.807) is 0 Å². The number of sulfone groups is 1. The van der Waals surface area contributed by atoms with E-state index in [4.69, 9.17) is 5.11 Å². The zero-order valence-corrected chi connectivity index (χ0v) is 12.4. The second-order valence-corrected chi connectivity index (χ2v) is 6.94.